The summed E-state index contributed by atoms with van der Waals surface area (Å²) >= 11 is 0. The van der Waals surface area contributed by atoms with Gasteiger partial charge in [0.1, 0.15) is 12.1 Å². The number of likely N-dealkylation sites (tertiary alicyclic amines) is 1. The van der Waals surface area contributed by atoms with Crippen LogP contribution in [-0.4, -0.2) is 62.9 Å². The van der Waals surface area contributed by atoms with Crippen LogP contribution in [0, 0.1) is 0 Å². The average Bonchev–Trinajstić information content (AvgIpc) is 2.33. The van der Waals surface area contributed by atoms with E-state index in [4.69, 9.17) is 9.47 Å². The molecule has 0 bridgehead atoms. The highest BCUT2D eigenvalue weighted by Gasteiger charge is 2.27. The van der Waals surface area contributed by atoms with Gasteiger partial charge < -0.3 is 19.7 Å². The molecular weight excluding hydrogens is 208 g/mol. The van der Waals surface area contributed by atoms with Gasteiger partial charge >= 0.3 is 5.97 Å². The summed E-state index contributed by atoms with van der Waals surface area (Å²) in [6, 6.07) is -0.270. The van der Waals surface area contributed by atoms with Crippen LogP contribution >= 0.6 is 0 Å². The Labute approximate surface area is 96.1 Å². The summed E-state index contributed by atoms with van der Waals surface area (Å²) in [4.78, 5) is 14.0. The molecule has 0 spiro atoms. The molecule has 2 heterocycles. The minimum Gasteiger partial charge on any atom is -0.461 e. The van der Waals surface area contributed by atoms with Crippen molar-refractivity contribution in [3.63, 3.8) is 0 Å². The van der Waals surface area contributed by atoms with Crippen molar-refractivity contribution in [2.24, 2.45) is 0 Å². The van der Waals surface area contributed by atoms with Crippen LogP contribution in [0.5, 0.6) is 0 Å². The van der Waals surface area contributed by atoms with Gasteiger partial charge in [0.15, 0.2) is 0 Å². The van der Waals surface area contributed by atoms with Gasteiger partial charge in [0.25, 0.3) is 0 Å². The summed E-state index contributed by atoms with van der Waals surface area (Å²) < 4.78 is 10.7. The maximum Gasteiger partial charge on any atom is 0.325 e. The number of hydrogen-bond donors (Lipinski definition) is 1. The van der Waals surface area contributed by atoms with E-state index in [1.54, 1.807) is 0 Å². The number of carbonyl (C=O) groups excluding carboxylic acids is 1. The molecule has 1 N–H and O–H groups in total. The van der Waals surface area contributed by atoms with Crippen LogP contribution < -0.4 is 5.32 Å². The lowest BCUT2D eigenvalue weighted by Gasteiger charge is -2.30. The zero-order chi connectivity index (χ0) is 11.4. The van der Waals surface area contributed by atoms with E-state index in [1.165, 1.54) is 0 Å². The Morgan fingerprint density at radius 3 is 2.81 bits per heavy atom. The Kier molecular flexibility index (Phi) is 4.15. The zero-order valence-corrected chi connectivity index (χ0v) is 9.78. The highest BCUT2D eigenvalue weighted by atomic mass is 16.5. The topological polar surface area (TPSA) is 50.8 Å². The monoisotopic (exact) mass is 228 g/mol. The molecule has 92 valence electrons. The van der Waals surface area contributed by atoms with E-state index >= 15 is 0 Å². The van der Waals surface area contributed by atoms with Crippen molar-refractivity contribution in [2.75, 3.05) is 39.9 Å². The third-order valence-corrected chi connectivity index (χ3v) is 3.15. The molecule has 5 nitrogen and oxygen atoms in total. The predicted octanol–water partition coefficient (Wildman–Crippen LogP) is -0.388. The fourth-order valence-corrected chi connectivity index (χ4v) is 2.07. The van der Waals surface area contributed by atoms with E-state index < -0.39 is 0 Å². The molecule has 0 saturated carbocycles. The Morgan fingerprint density at radius 2 is 2.19 bits per heavy atom. The molecule has 2 rings (SSSR count). The highest BCUT2D eigenvalue weighted by Crippen LogP contribution is 2.13. The van der Waals surface area contributed by atoms with Crippen LogP contribution in [0.25, 0.3) is 0 Å². The molecule has 0 aromatic carbocycles. The number of esters is 1. The third kappa shape index (κ3) is 3.17. The van der Waals surface area contributed by atoms with Gasteiger partial charge in [-0.15, -0.1) is 0 Å². The van der Waals surface area contributed by atoms with Crippen LogP contribution in [0.1, 0.15) is 12.8 Å². The van der Waals surface area contributed by atoms with Crippen LogP contribution in [-0.2, 0) is 14.3 Å². The second-order valence-electron chi connectivity index (χ2n) is 4.52. The van der Waals surface area contributed by atoms with Gasteiger partial charge in [0.05, 0.1) is 13.2 Å². The Balaban J connectivity index is 1.73. The van der Waals surface area contributed by atoms with Crippen LogP contribution in [0.3, 0.4) is 0 Å². The minimum atomic E-state index is -0.270. The van der Waals surface area contributed by atoms with E-state index in [0.717, 1.165) is 32.5 Å². The van der Waals surface area contributed by atoms with E-state index in [9.17, 15) is 4.79 Å². The predicted molar refractivity (Wildman–Crippen MR) is 59.2 cm³/mol. The molecule has 0 aromatic rings. The molecule has 2 aliphatic heterocycles. The molecule has 0 aromatic heterocycles. The normalized spacial score (nSPS) is 28.9. The van der Waals surface area contributed by atoms with Gasteiger partial charge in [-0.2, -0.15) is 0 Å². The summed E-state index contributed by atoms with van der Waals surface area (Å²) in [7, 11) is 2.09. The summed E-state index contributed by atoms with van der Waals surface area (Å²) in [5.41, 5.74) is 0. The lowest BCUT2D eigenvalue weighted by Crippen LogP contribution is -2.48. The number of nitrogens with one attached hydrogen (secondary N) is 1. The molecule has 0 aliphatic carbocycles. The zero-order valence-electron chi connectivity index (χ0n) is 9.78. The van der Waals surface area contributed by atoms with Crippen molar-refractivity contribution < 1.29 is 14.3 Å². The van der Waals surface area contributed by atoms with Crippen LogP contribution in [0.2, 0.25) is 0 Å². The third-order valence-electron chi connectivity index (χ3n) is 3.15. The number of piperidine rings is 1. The molecule has 2 aliphatic rings. The Morgan fingerprint density at radius 1 is 1.44 bits per heavy atom. The Hall–Kier alpha value is -0.650. The fourth-order valence-electron chi connectivity index (χ4n) is 2.07. The number of hydrogen-bond acceptors (Lipinski definition) is 5. The van der Waals surface area contributed by atoms with Crippen molar-refractivity contribution in [3.8, 4) is 0 Å². The Bertz CT molecular complexity index is 233. The van der Waals surface area contributed by atoms with Gasteiger partial charge in [-0.25, -0.2) is 0 Å². The number of carbonyl (C=O) groups is 1. The van der Waals surface area contributed by atoms with Crippen LogP contribution in [0.15, 0.2) is 0 Å². The van der Waals surface area contributed by atoms with E-state index in [2.05, 4.69) is 17.3 Å². The van der Waals surface area contributed by atoms with Crippen molar-refractivity contribution in [3.05, 3.63) is 0 Å². The number of morpholine rings is 1. The van der Waals surface area contributed by atoms with Gasteiger partial charge in [0, 0.05) is 19.6 Å². The molecule has 1 unspecified atom stereocenters. The molecule has 0 radical (unpaired) electrons. The number of rotatable bonds is 2. The van der Waals surface area contributed by atoms with E-state index in [1.807, 2.05) is 0 Å². The maximum absolute atomic E-state index is 11.8. The average molecular weight is 228 g/mol. The lowest BCUT2D eigenvalue weighted by molar-refractivity contribution is -0.156. The number of nitrogens with zero attached hydrogens (tertiary/aromatic N) is 1. The molecule has 2 saturated heterocycles. The first-order chi connectivity index (χ1) is 7.75. The summed E-state index contributed by atoms with van der Waals surface area (Å²) in [6.45, 7) is 3.86. The maximum atomic E-state index is 11.8. The van der Waals surface area contributed by atoms with Crippen molar-refractivity contribution in [1.82, 2.24) is 10.2 Å². The van der Waals surface area contributed by atoms with Gasteiger partial charge in [0.2, 0.25) is 0 Å². The van der Waals surface area contributed by atoms with Crippen LogP contribution in [0.4, 0.5) is 0 Å². The van der Waals surface area contributed by atoms with Crippen molar-refractivity contribution >= 4 is 5.97 Å². The molecule has 5 heteroatoms. The molecule has 1 atom stereocenters. The van der Waals surface area contributed by atoms with Crippen molar-refractivity contribution in [2.45, 2.75) is 25.0 Å². The van der Waals surface area contributed by atoms with Crippen molar-refractivity contribution in [1.29, 1.82) is 0 Å². The van der Waals surface area contributed by atoms with E-state index in [0.29, 0.717) is 13.2 Å². The highest BCUT2D eigenvalue weighted by molar-refractivity contribution is 5.76. The summed E-state index contributed by atoms with van der Waals surface area (Å²) in [5, 5.41) is 3.11. The first kappa shape index (κ1) is 11.8. The smallest absolute Gasteiger partial charge is 0.325 e. The standard InChI is InChI=1S/C11H20N2O3/c1-13-5-2-9(3-6-13)16-11(14)10-8-15-7-4-12-10/h9-10,12H,2-8H2,1H3. The minimum absolute atomic E-state index is 0.0902. The second kappa shape index (κ2) is 5.61. The SMILES string of the molecule is CN1CCC(OC(=O)C2COCCN2)CC1. The van der Waals surface area contributed by atoms with E-state index in [-0.39, 0.29) is 18.1 Å². The van der Waals surface area contributed by atoms with Gasteiger partial charge in [-0.3, -0.25) is 4.79 Å². The molecule has 16 heavy (non-hydrogen) atoms. The fraction of sp³-hybridized carbons (Fsp3) is 0.909. The molecule has 2 fully saturated rings. The first-order valence-electron chi connectivity index (χ1n) is 5.96. The largest absolute Gasteiger partial charge is 0.461 e. The second-order valence-corrected chi connectivity index (χ2v) is 4.52. The first-order valence-corrected chi connectivity index (χ1v) is 5.96. The van der Waals surface area contributed by atoms with Gasteiger partial charge in [-0.05, 0) is 19.9 Å². The molecule has 0 amide bonds. The summed E-state index contributed by atoms with van der Waals surface area (Å²) in [6.07, 6.45) is 1.97. The lowest BCUT2D eigenvalue weighted by atomic mass is 10.1. The summed E-state index contributed by atoms with van der Waals surface area (Å²) in [5.74, 6) is -0.158. The molecular formula is C11H20N2O3. The number of ether oxygens (including phenoxy) is 2. The quantitative estimate of drug-likeness (QED) is 0.653. The van der Waals surface area contributed by atoms with Gasteiger partial charge in [-0.1, -0.05) is 0 Å².